The maximum Gasteiger partial charge on any atom is 0.271 e. The van der Waals surface area contributed by atoms with E-state index in [1.807, 2.05) is 60.0 Å². The second-order valence-corrected chi connectivity index (χ2v) is 5.02. The highest BCUT2D eigenvalue weighted by atomic mass is 16.5. The molecule has 3 N–H and O–H groups in total. The molecule has 0 spiro atoms. The Hall–Kier alpha value is -2.99. The van der Waals surface area contributed by atoms with E-state index in [1.54, 1.807) is 0 Å². The number of aromatic nitrogens is 2. The number of amides is 1. The van der Waals surface area contributed by atoms with Crippen LogP contribution < -0.4 is 16.0 Å². The number of rotatable bonds is 5. The van der Waals surface area contributed by atoms with E-state index >= 15 is 0 Å². The third-order valence-electron chi connectivity index (χ3n) is 3.45. The maximum absolute atomic E-state index is 11.2. The van der Waals surface area contributed by atoms with Gasteiger partial charge in [-0.25, -0.2) is 5.84 Å². The number of hydrogen-bond donors (Lipinski definition) is 2. The van der Waals surface area contributed by atoms with Crippen molar-refractivity contribution in [3.63, 3.8) is 0 Å². The molecule has 1 amide bonds. The molecule has 0 aliphatic rings. The number of hydrogen-bond acceptors (Lipinski definition) is 5. The van der Waals surface area contributed by atoms with Gasteiger partial charge >= 0.3 is 0 Å². The number of nitrogens with two attached hydrogens (primary N) is 1. The van der Waals surface area contributed by atoms with Crippen LogP contribution in [0.3, 0.4) is 0 Å². The lowest BCUT2D eigenvalue weighted by Crippen LogP contribution is -2.34. The molecule has 1 aromatic heterocycles. The third kappa shape index (κ3) is 3.44. The minimum absolute atomic E-state index is 0.201. The second-order valence-electron chi connectivity index (χ2n) is 5.02. The minimum atomic E-state index is -0.427. The number of carbonyl (C=O) groups is 1. The van der Waals surface area contributed by atoms with Crippen LogP contribution in [0.4, 0.5) is 0 Å². The summed E-state index contributed by atoms with van der Waals surface area (Å²) in [4.78, 5) is 11.2. The Kier molecular flexibility index (Phi) is 4.44. The highest BCUT2D eigenvalue weighted by Gasteiger charge is 2.11. The van der Waals surface area contributed by atoms with Crippen molar-refractivity contribution in [3.05, 3.63) is 65.9 Å². The monoisotopic (exact) mass is 308 g/mol. The van der Waals surface area contributed by atoms with E-state index in [1.165, 1.54) is 0 Å². The Balaban J connectivity index is 1.94. The first-order chi connectivity index (χ1) is 11.3. The van der Waals surface area contributed by atoms with Crippen LogP contribution in [-0.4, -0.2) is 22.7 Å². The van der Waals surface area contributed by atoms with Gasteiger partial charge in [-0.05, 0) is 11.6 Å². The SMILES string of the molecule is NNC(=O)COc1nnc(Cc2ccccc2)c2ccccc12. The van der Waals surface area contributed by atoms with E-state index in [0.29, 0.717) is 12.3 Å². The number of fused-ring (bicyclic) bond motifs is 1. The minimum Gasteiger partial charge on any atom is -0.466 e. The molecule has 0 bridgehead atoms. The summed E-state index contributed by atoms with van der Waals surface area (Å²) in [5.41, 5.74) is 4.03. The summed E-state index contributed by atoms with van der Waals surface area (Å²) in [6, 6.07) is 17.8. The molecule has 6 heteroatoms. The summed E-state index contributed by atoms with van der Waals surface area (Å²) in [7, 11) is 0. The van der Waals surface area contributed by atoms with Gasteiger partial charge in [0.15, 0.2) is 6.61 Å². The fourth-order valence-electron chi connectivity index (χ4n) is 2.34. The summed E-state index contributed by atoms with van der Waals surface area (Å²) in [6.45, 7) is -0.201. The molecule has 3 rings (SSSR count). The molecular weight excluding hydrogens is 292 g/mol. The van der Waals surface area contributed by atoms with Gasteiger partial charge in [-0.2, -0.15) is 5.10 Å². The molecule has 6 nitrogen and oxygen atoms in total. The number of nitrogens with zero attached hydrogens (tertiary/aromatic N) is 2. The zero-order valence-corrected chi connectivity index (χ0v) is 12.4. The van der Waals surface area contributed by atoms with Crippen molar-refractivity contribution in [2.45, 2.75) is 6.42 Å². The molecule has 2 aromatic carbocycles. The fraction of sp³-hybridized carbons (Fsp3) is 0.118. The van der Waals surface area contributed by atoms with Crippen LogP contribution in [0.5, 0.6) is 5.88 Å². The van der Waals surface area contributed by atoms with E-state index in [9.17, 15) is 4.79 Å². The topological polar surface area (TPSA) is 90.1 Å². The Bertz CT molecular complexity index is 821. The van der Waals surface area contributed by atoms with Crippen molar-refractivity contribution in [2.75, 3.05) is 6.61 Å². The van der Waals surface area contributed by atoms with Crippen molar-refractivity contribution in [1.29, 1.82) is 0 Å². The molecular formula is C17H16N4O2. The maximum atomic E-state index is 11.2. The summed E-state index contributed by atoms with van der Waals surface area (Å²) < 4.78 is 5.41. The van der Waals surface area contributed by atoms with Crippen LogP contribution in [0, 0.1) is 0 Å². The highest BCUT2D eigenvalue weighted by Crippen LogP contribution is 2.25. The first kappa shape index (κ1) is 14.9. The van der Waals surface area contributed by atoms with E-state index in [0.717, 1.165) is 22.0 Å². The van der Waals surface area contributed by atoms with Gasteiger partial charge in [0, 0.05) is 17.2 Å². The van der Waals surface area contributed by atoms with Crippen LogP contribution in [0.1, 0.15) is 11.3 Å². The molecule has 3 aromatic rings. The lowest BCUT2D eigenvalue weighted by atomic mass is 10.0. The number of nitrogens with one attached hydrogen (secondary N) is 1. The van der Waals surface area contributed by atoms with E-state index in [2.05, 4.69) is 10.2 Å². The molecule has 0 radical (unpaired) electrons. The van der Waals surface area contributed by atoms with Gasteiger partial charge in [0.25, 0.3) is 5.91 Å². The number of carbonyl (C=O) groups excluding carboxylic acids is 1. The lowest BCUT2D eigenvalue weighted by Gasteiger charge is -2.10. The third-order valence-corrected chi connectivity index (χ3v) is 3.45. The van der Waals surface area contributed by atoms with Gasteiger partial charge in [0.05, 0.1) is 5.69 Å². The van der Waals surface area contributed by atoms with E-state index in [-0.39, 0.29) is 6.61 Å². The average Bonchev–Trinajstić information content (AvgIpc) is 2.61. The van der Waals surface area contributed by atoms with Crippen LogP contribution >= 0.6 is 0 Å². The van der Waals surface area contributed by atoms with Crippen molar-refractivity contribution >= 4 is 16.7 Å². The quantitative estimate of drug-likeness (QED) is 0.424. The Morgan fingerprint density at radius 1 is 1.00 bits per heavy atom. The molecule has 0 saturated carbocycles. The van der Waals surface area contributed by atoms with Crippen LogP contribution in [-0.2, 0) is 11.2 Å². The molecule has 1 heterocycles. The summed E-state index contributed by atoms with van der Waals surface area (Å²) in [5, 5.41) is 10.2. The smallest absolute Gasteiger partial charge is 0.271 e. The predicted molar refractivity (Wildman–Crippen MR) is 86.6 cm³/mol. The van der Waals surface area contributed by atoms with Crippen molar-refractivity contribution < 1.29 is 9.53 Å². The highest BCUT2D eigenvalue weighted by molar-refractivity contribution is 5.89. The zero-order valence-electron chi connectivity index (χ0n) is 12.4. The average molecular weight is 308 g/mol. The molecule has 0 atom stereocenters. The molecule has 23 heavy (non-hydrogen) atoms. The van der Waals surface area contributed by atoms with Crippen LogP contribution in [0.15, 0.2) is 54.6 Å². The number of ether oxygens (including phenoxy) is 1. The van der Waals surface area contributed by atoms with Gasteiger partial charge in [0.1, 0.15) is 0 Å². The Labute approximate surface area is 133 Å². The largest absolute Gasteiger partial charge is 0.466 e. The molecule has 0 unspecified atom stereocenters. The van der Waals surface area contributed by atoms with Gasteiger partial charge in [-0.15, -0.1) is 5.10 Å². The lowest BCUT2D eigenvalue weighted by molar-refractivity contribution is -0.123. The zero-order chi connectivity index (χ0) is 16.1. The van der Waals surface area contributed by atoms with Crippen LogP contribution in [0.2, 0.25) is 0 Å². The number of hydrazine groups is 1. The van der Waals surface area contributed by atoms with Crippen molar-refractivity contribution in [3.8, 4) is 5.88 Å². The molecule has 0 fully saturated rings. The Morgan fingerprint density at radius 3 is 2.43 bits per heavy atom. The molecule has 116 valence electrons. The van der Waals surface area contributed by atoms with Crippen molar-refractivity contribution in [2.24, 2.45) is 5.84 Å². The molecule has 0 aliphatic heterocycles. The van der Waals surface area contributed by atoms with Gasteiger partial charge in [-0.1, -0.05) is 48.5 Å². The fourth-order valence-corrected chi connectivity index (χ4v) is 2.34. The summed E-state index contributed by atoms with van der Waals surface area (Å²) in [5.74, 6) is 4.94. The summed E-state index contributed by atoms with van der Waals surface area (Å²) >= 11 is 0. The van der Waals surface area contributed by atoms with Gasteiger partial charge in [-0.3, -0.25) is 10.2 Å². The predicted octanol–water partition coefficient (Wildman–Crippen LogP) is 1.59. The molecule has 0 aliphatic carbocycles. The Morgan fingerprint density at radius 2 is 1.70 bits per heavy atom. The second kappa shape index (κ2) is 6.85. The van der Waals surface area contributed by atoms with Gasteiger partial charge in [0.2, 0.25) is 5.88 Å². The first-order valence-corrected chi connectivity index (χ1v) is 7.18. The van der Waals surface area contributed by atoms with Crippen LogP contribution in [0.25, 0.3) is 10.8 Å². The van der Waals surface area contributed by atoms with E-state index in [4.69, 9.17) is 10.6 Å². The summed E-state index contributed by atoms with van der Waals surface area (Å²) in [6.07, 6.45) is 0.678. The normalized spacial score (nSPS) is 10.5. The van der Waals surface area contributed by atoms with Gasteiger partial charge < -0.3 is 4.74 Å². The molecule has 0 saturated heterocycles. The van der Waals surface area contributed by atoms with Crippen molar-refractivity contribution in [1.82, 2.24) is 15.6 Å². The van der Waals surface area contributed by atoms with E-state index < -0.39 is 5.91 Å². The first-order valence-electron chi connectivity index (χ1n) is 7.18. The standard InChI is InChI=1S/C17H16N4O2/c18-19-16(22)11-23-17-14-9-5-4-8-13(14)15(20-21-17)10-12-6-2-1-3-7-12/h1-9H,10-11,18H2,(H,19,22). The number of benzene rings is 2.